The largest absolute Gasteiger partial charge is 0.481 e. The summed E-state index contributed by atoms with van der Waals surface area (Å²) in [4.78, 5) is 11.9. The fourth-order valence-corrected chi connectivity index (χ4v) is 2.18. The highest BCUT2D eigenvalue weighted by Crippen LogP contribution is 2.16. The predicted octanol–water partition coefficient (Wildman–Crippen LogP) is 3.21. The molecule has 0 spiro atoms. The third-order valence-corrected chi connectivity index (χ3v) is 3.37. The van der Waals surface area contributed by atoms with E-state index in [4.69, 9.17) is 4.74 Å². The molecule has 1 aliphatic rings. The summed E-state index contributed by atoms with van der Waals surface area (Å²) in [5, 5.41) is 2.88. The molecule has 0 heterocycles. The quantitative estimate of drug-likeness (QED) is 0.839. The van der Waals surface area contributed by atoms with E-state index < -0.39 is 6.10 Å². The van der Waals surface area contributed by atoms with Gasteiger partial charge in [0.2, 0.25) is 0 Å². The van der Waals surface area contributed by atoms with Crippen LogP contribution in [0.1, 0.15) is 32.6 Å². The molecule has 0 bridgehead atoms. The summed E-state index contributed by atoms with van der Waals surface area (Å²) >= 11 is 0. The summed E-state index contributed by atoms with van der Waals surface area (Å²) in [5.74, 6) is 0.0189. The summed E-state index contributed by atoms with van der Waals surface area (Å²) in [6.07, 6.45) is 6.21. The van der Waals surface area contributed by atoms with Crippen LogP contribution >= 0.6 is 0 Å². The van der Waals surface area contributed by atoms with Crippen molar-refractivity contribution in [2.75, 3.05) is 6.54 Å². The molecule has 1 aromatic carbocycles. The molecule has 1 N–H and O–H groups in total. The normalized spacial score (nSPS) is 16.2. The molecule has 4 heteroatoms. The topological polar surface area (TPSA) is 38.3 Å². The second-order valence-electron chi connectivity index (χ2n) is 5.04. The highest BCUT2D eigenvalue weighted by atomic mass is 19.1. The Labute approximate surface area is 118 Å². The molecule has 0 aliphatic heterocycles. The molecule has 0 saturated carbocycles. The number of hydrogen-bond donors (Lipinski definition) is 1. The second kappa shape index (κ2) is 7.08. The van der Waals surface area contributed by atoms with Crippen LogP contribution in [-0.2, 0) is 4.79 Å². The van der Waals surface area contributed by atoms with Gasteiger partial charge in [0.1, 0.15) is 11.6 Å². The highest BCUT2D eigenvalue weighted by Gasteiger charge is 2.15. The maximum Gasteiger partial charge on any atom is 0.261 e. The Morgan fingerprint density at radius 2 is 2.10 bits per heavy atom. The maximum absolute atomic E-state index is 12.8. The second-order valence-corrected chi connectivity index (χ2v) is 5.04. The highest BCUT2D eigenvalue weighted by molar-refractivity contribution is 5.80. The minimum absolute atomic E-state index is 0.152. The fourth-order valence-electron chi connectivity index (χ4n) is 2.18. The van der Waals surface area contributed by atoms with E-state index in [2.05, 4.69) is 11.4 Å². The van der Waals surface area contributed by atoms with Crippen LogP contribution in [-0.4, -0.2) is 18.6 Å². The number of benzene rings is 1. The Kier molecular flexibility index (Phi) is 5.16. The van der Waals surface area contributed by atoms with Gasteiger partial charge in [0.05, 0.1) is 0 Å². The number of allylic oxidation sites excluding steroid dienone is 1. The SMILES string of the molecule is C[C@H](Oc1ccc(F)cc1)C(=O)NCC1=CCCCC1. The number of carbonyl (C=O) groups excluding carboxylic acids is 1. The van der Waals surface area contributed by atoms with E-state index in [1.807, 2.05) is 0 Å². The molecule has 0 unspecified atom stereocenters. The first-order chi connectivity index (χ1) is 9.65. The van der Waals surface area contributed by atoms with Crippen molar-refractivity contribution in [1.82, 2.24) is 5.32 Å². The Morgan fingerprint density at radius 1 is 1.35 bits per heavy atom. The number of carbonyl (C=O) groups is 1. The Bertz CT molecular complexity index is 482. The van der Waals surface area contributed by atoms with Gasteiger partial charge in [-0.3, -0.25) is 4.79 Å². The lowest BCUT2D eigenvalue weighted by Crippen LogP contribution is -2.37. The van der Waals surface area contributed by atoms with Gasteiger partial charge in [0, 0.05) is 6.54 Å². The molecule has 1 amide bonds. The average molecular weight is 277 g/mol. The number of nitrogens with one attached hydrogen (secondary N) is 1. The molecule has 0 saturated heterocycles. The van der Waals surface area contributed by atoms with E-state index in [1.54, 1.807) is 6.92 Å². The molecule has 1 atom stereocenters. The van der Waals surface area contributed by atoms with Gasteiger partial charge in [-0.15, -0.1) is 0 Å². The number of rotatable bonds is 5. The van der Waals surface area contributed by atoms with Gasteiger partial charge in [0.25, 0.3) is 5.91 Å². The van der Waals surface area contributed by atoms with Crippen LogP contribution in [0.25, 0.3) is 0 Å². The Hall–Kier alpha value is -1.84. The van der Waals surface area contributed by atoms with Crippen LogP contribution in [0, 0.1) is 5.82 Å². The molecular formula is C16H20FNO2. The standard InChI is InChI=1S/C16H20FNO2/c1-12(20-15-9-7-14(17)8-10-15)16(19)18-11-13-5-3-2-4-6-13/h5,7-10,12H,2-4,6,11H2,1H3,(H,18,19)/t12-/m0/s1. The molecule has 0 aromatic heterocycles. The summed E-state index contributed by atoms with van der Waals surface area (Å²) in [5.41, 5.74) is 1.29. The van der Waals surface area contributed by atoms with Gasteiger partial charge in [-0.25, -0.2) is 4.39 Å². The Balaban J connectivity index is 1.79. The van der Waals surface area contributed by atoms with E-state index in [9.17, 15) is 9.18 Å². The zero-order valence-electron chi connectivity index (χ0n) is 11.7. The minimum atomic E-state index is -0.593. The van der Waals surface area contributed by atoms with Crippen LogP contribution < -0.4 is 10.1 Å². The van der Waals surface area contributed by atoms with Crippen molar-refractivity contribution in [3.8, 4) is 5.75 Å². The zero-order valence-corrected chi connectivity index (χ0v) is 11.7. The van der Waals surface area contributed by atoms with E-state index >= 15 is 0 Å². The van der Waals surface area contributed by atoms with Crippen molar-refractivity contribution in [2.24, 2.45) is 0 Å². The summed E-state index contributed by atoms with van der Waals surface area (Å²) in [6.45, 7) is 2.28. The van der Waals surface area contributed by atoms with E-state index in [-0.39, 0.29) is 11.7 Å². The van der Waals surface area contributed by atoms with Crippen LogP contribution in [0.5, 0.6) is 5.75 Å². The summed E-state index contributed by atoms with van der Waals surface area (Å²) in [6, 6.07) is 5.66. The maximum atomic E-state index is 12.8. The smallest absolute Gasteiger partial charge is 0.261 e. The van der Waals surface area contributed by atoms with Crippen molar-refractivity contribution in [3.05, 3.63) is 41.7 Å². The Morgan fingerprint density at radius 3 is 2.75 bits per heavy atom. The first-order valence-electron chi connectivity index (χ1n) is 7.03. The van der Waals surface area contributed by atoms with Crippen molar-refractivity contribution >= 4 is 5.91 Å². The lowest BCUT2D eigenvalue weighted by Gasteiger charge is -2.17. The number of hydrogen-bond acceptors (Lipinski definition) is 2. The lowest BCUT2D eigenvalue weighted by molar-refractivity contribution is -0.127. The van der Waals surface area contributed by atoms with Crippen LogP contribution in [0.4, 0.5) is 4.39 Å². The van der Waals surface area contributed by atoms with Crippen LogP contribution in [0.3, 0.4) is 0 Å². The monoisotopic (exact) mass is 277 g/mol. The molecule has 20 heavy (non-hydrogen) atoms. The number of ether oxygens (including phenoxy) is 1. The minimum Gasteiger partial charge on any atom is -0.481 e. The number of halogens is 1. The first-order valence-corrected chi connectivity index (χ1v) is 7.03. The van der Waals surface area contributed by atoms with Gasteiger partial charge >= 0.3 is 0 Å². The lowest BCUT2D eigenvalue weighted by atomic mass is 10.00. The average Bonchev–Trinajstić information content (AvgIpc) is 2.48. The van der Waals surface area contributed by atoms with Crippen molar-refractivity contribution in [1.29, 1.82) is 0 Å². The predicted molar refractivity (Wildman–Crippen MR) is 76.1 cm³/mol. The van der Waals surface area contributed by atoms with Crippen LogP contribution in [0.2, 0.25) is 0 Å². The van der Waals surface area contributed by atoms with E-state index in [0.717, 1.165) is 12.8 Å². The van der Waals surface area contributed by atoms with E-state index in [0.29, 0.717) is 12.3 Å². The summed E-state index contributed by atoms with van der Waals surface area (Å²) < 4.78 is 18.2. The van der Waals surface area contributed by atoms with E-state index in [1.165, 1.54) is 42.7 Å². The third-order valence-electron chi connectivity index (χ3n) is 3.37. The molecule has 3 nitrogen and oxygen atoms in total. The van der Waals surface area contributed by atoms with Gasteiger partial charge < -0.3 is 10.1 Å². The molecule has 1 aliphatic carbocycles. The molecular weight excluding hydrogens is 257 g/mol. The van der Waals surface area contributed by atoms with Gasteiger partial charge in [0.15, 0.2) is 6.10 Å². The van der Waals surface area contributed by atoms with Crippen LogP contribution in [0.15, 0.2) is 35.9 Å². The molecule has 2 rings (SSSR count). The first kappa shape index (κ1) is 14.6. The number of amides is 1. The fraction of sp³-hybridized carbons (Fsp3) is 0.438. The van der Waals surface area contributed by atoms with Crippen molar-refractivity contribution in [3.63, 3.8) is 0 Å². The van der Waals surface area contributed by atoms with Crippen molar-refractivity contribution < 1.29 is 13.9 Å². The third kappa shape index (κ3) is 4.37. The van der Waals surface area contributed by atoms with Gasteiger partial charge in [-0.05, 0) is 56.9 Å². The molecule has 1 aromatic rings. The van der Waals surface area contributed by atoms with Gasteiger partial charge in [-0.2, -0.15) is 0 Å². The molecule has 0 fully saturated rings. The summed E-state index contributed by atoms with van der Waals surface area (Å²) in [7, 11) is 0. The molecule has 108 valence electrons. The van der Waals surface area contributed by atoms with Gasteiger partial charge in [-0.1, -0.05) is 11.6 Å². The molecule has 0 radical (unpaired) electrons. The van der Waals surface area contributed by atoms with Crippen molar-refractivity contribution in [2.45, 2.75) is 38.7 Å². The zero-order chi connectivity index (χ0) is 14.4.